The molecule has 1 fully saturated rings. The molecular weight excluding hydrogens is 318 g/mol. The predicted octanol–water partition coefficient (Wildman–Crippen LogP) is 2.71. The van der Waals surface area contributed by atoms with Gasteiger partial charge >= 0.3 is 6.09 Å². The van der Waals surface area contributed by atoms with Crippen LogP contribution in [0.2, 0.25) is 0 Å². The Hall–Kier alpha value is -1.60. The summed E-state index contributed by atoms with van der Waals surface area (Å²) < 4.78 is 39.5. The summed E-state index contributed by atoms with van der Waals surface area (Å²) in [6.07, 6.45) is 0.845. The molecule has 0 aliphatic carbocycles. The third-order valence-corrected chi connectivity index (χ3v) is 4.69. The van der Waals surface area contributed by atoms with Crippen LogP contribution in [0.3, 0.4) is 0 Å². The number of rotatable bonds is 2. The number of carbonyl (C=O) groups excluding carboxylic acids is 1. The molecule has 1 aromatic carbocycles. The molecule has 0 unspecified atom stereocenters. The van der Waals surface area contributed by atoms with Crippen molar-refractivity contribution in [2.45, 2.75) is 50.0 Å². The van der Waals surface area contributed by atoms with Crippen LogP contribution in [-0.4, -0.2) is 42.7 Å². The molecule has 2 rings (SSSR count). The lowest BCUT2D eigenvalue weighted by Crippen LogP contribution is -2.41. The first-order chi connectivity index (χ1) is 10.6. The maximum absolute atomic E-state index is 12.0. The zero-order chi connectivity index (χ0) is 17.3. The molecule has 128 valence electrons. The molecule has 7 heteroatoms. The van der Waals surface area contributed by atoms with E-state index >= 15 is 0 Å². The Morgan fingerprint density at radius 1 is 1.22 bits per heavy atom. The van der Waals surface area contributed by atoms with Gasteiger partial charge in [0, 0.05) is 13.1 Å². The molecule has 1 amide bonds. The Morgan fingerprint density at radius 2 is 1.78 bits per heavy atom. The zero-order valence-electron chi connectivity index (χ0n) is 13.6. The van der Waals surface area contributed by atoms with Crippen molar-refractivity contribution in [3.05, 3.63) is 29.8 Å². The molecule has 0 saturated carbocycles. The van der Waals surface area contributed by atoms with E-state index in [1.54, 1.807) is 23.1 Å². The lowest BCUT2D eigenvalue weighted by atomic mass is 9.89. The number of piperidine rings is 1. The number of benzene rings is 1. The standard InChI is InChI=1S/C16H23NO5S/c1-16(2,3)22-15(18)17-10-8-12(9-11-17)13-6-4-5-7-14(13)23(19,20)21/h4-7,12H,8-11H2,1-3H3,(H,19,20,21)/p-1. The van der Waals surface area contributed by atoms with E-state index in [0.29, 0.717) is 31.5 Å². The van der Waals surface area contributed by atoms with Gasteiger partial charge in [-0.05, 0) is 51.2 Å². The topological polar surface area (TPSA) is 86.7 Å². The van der Waals surface area contributed by atoms with E-state index in [2.05, 4.69) is 0 Å². The molecule has 0 aromatic heterocycles. The van der Waals surface area contributed by atoms with Gasteiger partial charge in [0.15, 0.2) is 0 Å². The van der Waals surface area contributed by atoms with Gasteiger partial charge in [0.2, 0.25) is 0 Å². The number of hydrogen-bond acceptors (Lipinski definition) is 5. The Labute approximate surface area is 137 Å². The van der Waals surface area contributed by atoms with Crippen LogP contribution in [0.1, 0.15) is 45.1 Å². The molecule has 1 aliphatic rings. The molecule has 0 N–H and O–H groups in total. The number of nitrogens with zero attached hydrogens (tertiary/aromatic N) is 1. The maximum atomic E-state index is 12.0. The van der Waals surface area contributed by atoms with Crippen molar-refractivity contribution in [2.24, 2.45) is 0 Å². The minimum absolute atomic E-state index is 0.0476. The summed E-state index contributed by atoms with van der Waals surface area (Å²) >= 11 is 0. The van der Waals surface area contributed by atoms with Crippen LogP contribution in [0, 0.1) is 0 Å². The van der Waals surface area contributed by atoms with Crippen molar-refractivity contribution in [1.29, 1.82) is 0 Å². The van der Waals surface area contributed by atoms with Gasteiger partial charge in [-0.25, -0.2) is 13.2 Å². The number of ether oxygens (including phenoxy) is 1. The molecule has 1 aliphatic heterocycles. The SMILES string of the molecule is CC(C)(C)OC(=O)N1CCC(c2ccccc2S(=O)(=O)[O-])CC1. The first-order valence-electron chi connectivity index (χ1n) is 7.61. The molecule has 0 spiro atoms. The summed E-state index contributed by atoms with van der Waals surface area (Å²) in [7, 11) is -4.49. The number of likely N-dealkylation sites (tertiary alicyclic amines) is 1. The molecule has 0 atom stereocenters. The number of hydrogen-bond donors (Lipinski definition) is 0. The maximum Gasteiger partial charge on any atom is 0.410 e. The summed E-state index contributed by atoms with van der Waals surface area (Å²) in [5, 5.41) is 0. The van der Waals surface area contributed by atoms with Crippen LogP contribution in [-0.2, 0) is 14.9 Å². The highest BCUT2D eigenvalue weighted by molar-refractivity contribution is 7.85. The highest BCUT2D eigenvalue weighted by Gasteiger charge is 2.28. The van der Waals surface area contributed by atoms with Crippen LogP contribution in [0.15, 0.2) is 29.2 Å². The summed E-state index contributed by atoms with van der Waals surface area (Å²) in [6.45, 7) is 6.40. The summed E-state index contributed by atoms with van der Waals surface area (Å²) in [5.74, 6) is -0.0476. The van der Waals surface area contributed by atoms with E-state index in [-0.39, 0.29) is 16.9 Å². The molecule has 23 heavy (non-hydrogen) atoms. The van der Waals surface area contributed by atoms with Crippen LogP contribution < -0.4 is 0 Å². The number of carbonyl (C=O) groups is 1. The van der Waals surface area contributed by atoms with Crippen molar-refractivity contribution in [3.8, 4) is 0 Å². The molecule has 0 bridgehead atoms. The Balaban J connectivity index is 2.07. The number of amides is 1. The van der Waals surface area contributed by atoms with Crippen molar-refractivity contribution >= 4 is 16.2 Å². The predicted molar refractivity (Wildman–Crippen MR) is 84.2 cm³/mol. The van der Waals surface area contributed by atoms with Crippen molar-refractivity contribution in [3.63, 3.8) is 0 Å². The van der Waals surface area contributed by atoms with E-state index in [1.807, 2.05) is 20.8 Å². The third-order valence-electron chi connectivity index (χ3n) is 3.77. The lowest BCUT2D eigenvalue weighted by Gasteiger charge is -2.34. The fourth-order valence-electron chi connectivity index (χ4n) is 2.75. The van der Waals surface area contributed by atoms with Gasteiger partial charge in [0.05, 0.1) is 4.90 Å². The first kappa shape index (κ1) is 17.7. The van der Waals surface area contributed by atoms with Crippen LogP contribution >= 0.6 is 0 Å². The van der Waals surface area contributed by atoms with E-state index in [4.69, 9.17) is 4.74 Å². The second-order valence-corrected chi connectivity index (χ2v) is 8.08. The molecule has 1 heterocycles. The molecular formula is C16H22NO5S-. The van der Waals surface area contributed by atoms with Crippen molar-refractivity contribution < 1.29 is 22.5 Å². The fraction of sp³-hybridized carbons (Fsp3) is 0.562. The van der Waals surface area contributed by atoms with Gasteiger partial charge in [-0.15, -0.1) is 0 Å². The highest BCUT2D eigenvalue weighted by Crippen LogP contribution is 2.32. The quantitative estimate of drug-likeness (QED) is 0.773. The van der Waals surface area contributed by atoms with Gasteiger partial charge < -0.3 is 14.2 Å². The average Bonchev–Trinajstić information content (AvgIpc) is 2.45. The van der Waals surface area contributed by atoms with Crippen LogP contribution in [0.5, 0.6) is 0 Å². The second kappa shape index (κ2) is 6.49. The largest absolute Gasteiger partial charge is 0.744 e. The Morgan fingerprint density at radius 3 is 2.30 bits per heavy atom. The molecule has 6 nitrogen and oxygen atoms in total. The second-order valence-electron chi connectivity index (χ2n) is 6.73. The zero-order valence-corrected chi connectivity index (χ0v) is 14.4. The Kier molecular flexibility index (Phi) is 5.01. The molecule has 1 saturated heterocycles. The average molecular weight is 340 g/mol. The monoisotopic (exact) mass is 340 g/mol. The van der Waals surface area contributed by atoms with Gasteiger partial charge in [-0.1, -0.05) is 18.2 Å². The minimum Gasteiger partial charge on any atom is -0.744 e. The smallest absolute Gasteiger partial charge is 0.410 e. The van der Waals surface area contributed by atoms with Gasteiger partial charge in [-0.3, -0.25) is 0 Å². The van der Waals surface area contributed by atoms with Gasteiger partial charge in [-0.2, -0.15) is 0 Å². The van der Waals surface area contributed by atoms with E-state index in [1.165, 1.54) is 6.07 Å². The first-order valence-corrected chi connectivity index (χ1v) is 9.01. The van der Waals surface area contributed by atoms with Gasteiger partial charge in [0.1, 0.15) is 15.7 Å². The third kappa shape index (κ3) is 4.68. The van der Waals surface area contributed by atoms with Crippen molar-refractivity contribution in [1.82, 2.24) is 4.90 Å². The van der Waals surface area contributed by atoms with E-state index in [9.17, 15) is 17.8 Å². The van der Waals surface area contributed by atoms with Gasteiger partial charge in [0.25, 0.3) is 0 Å². The van der Waals surface area contributed by atoms with E-state index < -0.39 is 15.7 Å². The summed E-state index contributed by atoms with van der Waals surface area (Å²) in [4.78, 5) is 13.5. The highest BCUT2D eigenvalue weighted by atomic mass is 32.2. The summed E-state index contributed by atoms with van der Waals surface area (Å²) in [5.41, 5.74) is 0.00306. The van der Waals surface area contributed by atoms with Crippen LogP contribution in [0.25, 0.3) is 0 Å². The lowest BCUT2D eigenvalue weighted by molar-refractivity contribution is 0.0204. The fourth-order valence-corrected chi connectivity index (χ4v) is 3.51. The molecule has 0 radical (unpaired) electrons. The summed E-state index contributed by atoms with van der Waals surface area (Å²) in [6, 6.07) is 6.30. The Bertz CT molecular complexity index is 670. The van der Waals surface area contributed by atoms with Crippen molar-refractivity contribution in [2.75, 3.05) is 13.1 Å². The van der Waals surface area contributed by atoms with E-state index in [0.717, 1.165) is 0 Å². The normalized spacial score (nSPS) is 17.1. The molecule has 1 aromatic rings. The minimum atomic E-state index is -4.49. The van der Waals surface area contributed by atoms with Crippen LogP contribution in [0.4, 0.5) is 4.79 Å².